The second-order valence-corrected chi connectivity index (χ2v) is 6.09. The summed E-state index contributed by atoms with van der Waals surface area (Å²) in [5, 5.41) is 6.17. The molecule has 0 spiro atoms. The number of halogens is 1. The molecule has 0 aliphatic heterocycles. The molecule has 0 radical (unpaired) electrons. The highest BCUT2D eigenvalue weighted by molar-refractivity contribution is 9.10. The first-order chi connectivity index (χ1) is 11.1. The van der Waals surface area contributed by atoms with Crippen molar-refractivity contribution in [2.75, 3.05) is 0 Å². The van der Waals surface area contributed by atoms with Gasteiger partial charge in [0.1, 0.15) is 0 Å². The topological polar surface area (TPSA) is 41.5 Å². The van der Waals surface area contributed by atoms with Gasteiger partial charge in [0.2, 0.25) is 0 Å². The molecule has 0 saturated carbocycles. The van der Waals surface area contributed by atoms with E-state index in [0.29, 0.717) is 5.56 Å². The molecule has 0 saturated heterocycles. The van der Waals surface area contributed by atoms with E-state index in [-0.39, 0.29) is 5.91 Å². The molecule has 3 aromatic rings. The van der Waals surface area contributed by atoms with Gasteiger partial charge in [0.15, 0.2) is 0 Å². The van der Waals surface area contributed by atoms with Gasteiger partial charge in [0.25, 0.3) is 5.91 Å². The Hall–Kier alpha value is -2.46. The average Bonchev–Trinajstić information content (AvgIpc) is 2.59. The fourth-order valence-electron chi connectivity index (χ4n) is 2.37. The fraction of sp³-hybridized carbons (Fsp3) is 0.0526. The minimum Gasteiger partial charge on any atom is -0.267 e. The molecule has 0 unspecified atom stereocenters. The number of hydrogen-bond donors (Lipinski definition) is 1. The van der Waals surface area contributed by atoms with Crippen LogP contribution in [-0.2, 0) is 0 Å². The van der Waals surface area contributed by atoms with Crippen molar-refractivity contribution in [3.63, 3.8) is 0 Å². The maximum absolute atomic E-state index is 12.4. The molecule has 1 amide bonds. The molecule has 0 heterocycles. The normalized spacial score (nSPS) is 11.5. The van der Waals surface area contributed by atoms with E-state index in [9.17, 15) is 4.79 Å². The van der Waals surface area contributed by atoms with E-state index in [1.807, 2.05) is 73.7 Å². The maximum Gasteiger partial charge on any atom is 0.272 e. The first kappa shape index (κ1) is 15.4. The van der Waals surface area contributed by atoms with Crippen molar-refractivity contribution in [3.05, 3.63) is 82.3 Å². The Morgan fingerprint density at radius 1 is 0.957 bits per heavy atom. The van der Waals surface area contributed by atoms with Crippen molar-refractivity contribution in [2.45, 2.75) is 6.92 Å². The smallest absolute Gasteiger partial charge is 0.267 e. The molecule has 3 nitrogen and oxygen atoms in total. The minimum atomic E-state index is -0.210. The SMILES string of the molecule is CC(=NNC(=O)c1cccc2ccccc12)c1ccc(Br)cc1. The van der Waals surface area contributed by atoms with Gasteiger partial charge < -0.3 is 0 Å². The highest BCUT2D eigenvalue weighted by Gasteiger charge is 2.09. The number of rotatable bonds is 3. The molecule has 0 fully saturated rings. The third-order valence-electron chi connectivity index (χ3n) is 3.62. The van der Waals surface area contributed by atoms with Crippen LogP contribution in [0.4, 0.5) is 0 Å². The lowest BCUT2D eigenvalue weighted by Gasteiger charge is -2.06. The summed E-state index contributed by atoms with van der Waals surface area (Å²) in [5.74, 6) is -0.210. The van der Waals surface area contributed by atoms with E-state index in [1.165, 1.54) is 0 Å². The lowest BCUT2D eigenvalue weighted by Crippen LogP contribution is -2.19. The van der Waals surface area contributed by atoms with Gasteiger partial charge in [-0.25, -0.2) is 5.43 Å². The Kier molecular flexibility index (Phi) is 4.53. The zero-order valence-electron chi connectivity index (χ0n) is 12.6. The molecule has 3 rings (SSSR count). The Balaban J connectivity index is 1.83. The standard InChI is InChI=1S/C19H15BrN2O/c1-13(14-9-11-16(20)12-10-14)21-22-19(23)18-8-4-6-15-5-2-3-7-17(15)18/h2-12H,1H3,(H,22,23). The first-order valence-electron chi connectivity index (χ1n) is 7.23. The summed E-state index contributed by atoms with van der Waals surface area (Å²) in [6.45, 7) is 1.87. The van der Waals surface area contributed by atoms with Crippen LogP contribution < -0.4 is 5.43 Å². The Labute approximate surface area is 143 Å². The van der Waals surface area contributed by atoms with Crippen LogP contribution >= 0.6 is 15.9 Å². The molecule has 0 bridgehead atoms. The van der Waals surface area contributed by atoms with Crippen molar-refractivity contribution in [1.82, 2.24) is 5.43 Å². The monoisotopic (exact) mass is 366 g/mol. The summed E-state index contributed by atoms with van der Waals surface area (Å²) < 4.78 is 1.01. The molecule has 3 aromatic carbocycles. The summed E-state index contributed by atoms with van der Waals surface area (Å²) in [6, 6.07) is 21.3. The number of hydrogen-bond acceptors (Lipinski definition) is 2. The van der Waals surface area contributed by atoms with Gasteiger partial charge in [0.05, 0.1) is 5.71 Å². The average molecular weight is 367 g/mol. The Morgan fingerprint density at radius 2 is 1.65 bits per heavy atom. The third-order valence-corrected chi connectivity index (χ3v) is 4.15. The maximum atomic E-state index is 12.4. The molecular weight excluding hydrogens is 352 g/mol. The molecule has 0 atom stereocenters. The van der Waals surface area contributed by atoms with Crippen molar-refractivity contribution in [3.8, 4) is 0 Å². The summed E-state index contributed by atoms with van der Waals surface area (Å²) in [5.41, 5.74) is 4.98. The van der Waals surface area contributed by atoms with Gasteiger partial charge in [-0.2, -0.15) is 5.10 Å². The van der Waals surface area contributed by atoms with Crippen LogP contribution in [0.5, 0.6) is 0 Å². The summed E-state index contributed by atoms with van der Waals surface area (Å²) >= 11 is 3.40. The number of carbonyl (C=O) groups excluding carboxylic acids is 1. The summed E-state index contributed by atoms with van der Waals surface area (Å²) in [4.78, 5) is 12.4. The van der Waals surface area contributed by atoms with Crippen LogP contribution in [0.15, 0.2) is 76.3 Å². The number of carbonyl (C=O) groups is 1. The third kappa shape index (κ3) is 3.48. The van der Waals surface area contributed by atoms with E-state index < -0.39 is 0 Å². The zero-order chi connectivity index (χ0) is 16.2. The molecule has 23 heavy (non-hydrogen) atoms. The van der Waals surface area contributed by atoms with Crippen molar-refractivity contribution >= 4 is 38.3 Å². The molecule has 1 N–H and O–H groups in total. The van der Waals surface area contributed by atoms with Gasteiger partial charge in [0, 0.05) is 10.0 Å². The number of nitrogens with zero attached hydrogens (tertiary/aromatic N) is 1. The largest absolute Gasteiger partial charge is 0.272 e. The Bertz CT molecular complexity index is 880. The molecule has 0 aromatic heterocycles. The van der Waals surface area contributed by atoms with Crippen molar-refractivity contribution < 1.29 is 4.79 Å². The van der Waals surface area contributed by atoms with Crippen LogP contribution in [0.3, 0.4) is 0 Å². The predicted molar refractivity (Wildman–Crippen MR) is 97.8 cm³/mol. The summed E-state index contributed by atoms with van der Waals surface area (Å²) in [7, 11) is 0. The van der Waals surface area contributed by atoms with Crippen molar-refractivity contribution in [2.24, 2.45) is 5.10 Å². The fourth-order valence-corrected chi connectivity index (χ4v) is 2.64. The van der Waals surface area contributed by atoms with Crippen molar-refractivity contribution in [1.29, 1.82) is 0 Å². The van der Waals surface area contributed by atoms with E-state index in [0.717, 1.165) is 26.5 Å². The Morgan fingerprint density at radius 3 is 2.43 bits per heavy atom. The number of nitrogens with one attached hydrogen (secondary N) is 1. The lowest BCUT2D eigenvalue weighted by molar-refractivity contribution is 0.0956. The second kappa shape index (κ2) is 6.75. The second-order valence-electron chi connectivity index (χ2n) is 5.17. The van der Waals surface area contributed by atoms with E-state index >= 15 is 0 Å². The lowest BCUT2D eigenvalue weighted by atomic mass is 10.0. The van der Waals surface area contributed by atoms with E-state index in [2.05, 4.69) is 26.5 Å². The van der Waals surface area contributed by atoms with Gasteiger partial charge in [-0.3, -0.25) is 4.79 Å². The molecule has 114 valence electrons. The van der Waals surface area contributed by atoms with E-state index in [4.69, 9.17) is 0 Å². The van der Waals surface area contributed by atoms with Crippen LogP contribution in [0, 0.1) is 0 Å². The molecular formula is C19H15BrN2O. The number of hydrazone groups is 1. The highest BCUT2D eigenvalue weighted by atomic mass is 79.9. The summed E-state index contributed by atoms with van der Waals surface area (Å²) in [6.07, 6.45) is 0. The van der Waals surface area contributed by atoms with Gasteiger partial charge in [-0.15, -0.1) is 0 Å². The van der Waals surface area contributed by atoms with Gasteiger partial charge in [-0.1, -0.05) is 64.5 Å². The molecule has 0 aliphatic rings. The minimum absolute atomic E-state index is 0.210. The number of benzene rings is 3. The van der Waals surface area contributed by atoms with Crippen LogP contribution in [0.2, 0.25) is 0 Å². The predicted octanol–water partition coefficient (Wildman–Crippen LogP) is 4.76. The molecule has 0 aliphatic carbocycles. The van der Waals surface area contributed by atoms with Gasteiger partial charge in [-0.05, 0) is 41.5 Å². The van der Waals surface area contributed by atoms with Crippen LogP contribution in [0.25, 0.3) is 10.8 Å². The highest BCUT2D eigenvalue weighted by Crippen LogP contribution is 2.18. The first-order valence-corrected chi connectivity index (χ1v) is 8.03. The van der Waals surface area contributed by atoms with Crippen LogP contribution in [-0.4, -0.2) is 11.6 Å². The quantitative estimate of drug-likeness (QED) is 0.527. The molecule has 4 heteroatoms. The zero-order valence-corrected chi connectivity index (χ0v) is 14.2. The number of fused-ring (bicyclic) bond motifs is 1. The van der Waals surface area contributed by atoms with E-state index in [1.54, 1.807) is 0 Å². The van der Waals surface area contributed by atoms with Crippen LogP contribution in [0.1, 0.15) is 22.8 Å². The number of amides is 1. The van der Waals surface area contributed by atoms with Gasteiger partial charge >= 0.3 is 0 Å².